The summed E-state index contributed by atoms with van der Waals surface area (Å²) < 4.78 is 5.69. The molecule has 2 aromatic carbocycles. The molecule has 0 unspecified atom stereocenters. The van der Waals surface area contributed by atoms with E-state index in [1.165, 1.54) is 5.56 Å². The van der Waals surface area contributed by atoms with Crippen LogP contribution in [0.3, 0.4) is 0 Å². The zero-order valence-electron chi connectivity index (χ0n) is 16.6. The number of carbonyl (C=O) groups excluding carboxylic acids is 1. The SMILES string of the molecule is CCN(C)/C=N\c1cc(C)c(C(=O)COc2ccc(C)c(C)c2)cc1C. The van der Waals surface area contributed by atoms with Crippen LogP contribution < -0.4 is 4.74 Å². The molecule has 2 rings (SSSR count). The molecule has 0 N–H and O–H groups in total. The van der Waals surface area contributed by atoms with Crippen LogP contribution in [-0.2, 0) is 0 Å². The molecule has 0 amide bonds. The summed E-state index contributed by atoms with van der Waals surface area (Å²) >= 11 is 0. The number of ether oxygens (including phenoxy) is 1. The van der Waals surface area contributed by atoms with Crippen molar-refractivity contribution in [3.63, 3.8) is 0 Å². The smallest absolute Gasteiger partial charge is 0.200 e. The Morgan fingerprint density at radius 3 is 2.42 bits per heavy atom. The van der Waals surface area contributed by atoms with E-state index in [-0.39, 0.29) is 12.4 Å². The van der Waals surface area contributed by atoms with Gasteiger partial charge in [0.1, 0.15) is 5.75 Å². The Labute approximate surface area is 156 Å². The van der Waals surface area contributed by atoms with E-state index in [1.54, 1.807) is 0 Å². The minimum atomic E-state index is -0.0231. The zero-order chi connectivity index (χ0) is 19.3. The van der Waals surface area contributed by atoms with Crippen LogP contribution in [0.1, 0.15) is 39.5 Å². The predicted octanol–water partition coefficient (Wildman–Crippen LogP) is 4.79. The summed E-state index contributed by atoms with van der Waals surface area (Å²) in [6.07, 6.45) is 1.81. The van der Waals surface area contributed by atoms with Crippen LogP contribution in [-0.4, -0.2) is 37.2 Å². The van der Waals surface area contributed by atoms with Gasteiger partial charge in [0.2, 0.25) is 0 Å². The van der Waals surface area contributed by atoms with Gasteiger partial charge in [0.25, 0.3) is 0 Å². The summed E-state index contributed by atoms with van der Waals surface area (Å²) in [5.41, 5.74) is 5.83. The highest BCUT2D eigenvalue weighted by molar-refractivity contribution is 5.99. The quantitative estimate of drug-likeness (QED) is 0.408. The van der Waals surface area contributed by atoms with Crippen LogP contribution in [0.25, 0.3) is 0 Å². The highest BCUT2D eigenvalue weighted by Crippen LogP contribution is 2.24. The molecule has 0 aromatic heterocycles. The van der Waals surface area contributed by atoms with Crippen molar-refractivity contribution in [2.75, 3.05) is 20.2 Å². The number of Topliss-reactive ketones (excluding diaryl/α,β-unsaturated/α-hetero) is 1. The van der Waals surface area contributed by atoms with E-state index in [0.29, 0.717) is 5.56 Å². The Bertz CT molecular complexity index is 825. The number of rotatable bonds is 7. The van der Waals surface area contributed by atoms with Crippen molar-refractivity contribution >= 4 is 17.8 Å². The monoisotopic (exact) mass is 352 g/mol. The van der Waals surface area contributed by atoms with Gasteiger partial charge in [-0.3, -0.25) is 4.79 Å². The second kappa shape index (κ2) is 8.65. The molecule has 0 spiro atoms. The van der Waals surface area contributed by atoms with Crippen LogP contribution in [0.15, 0.2) is 35.3 Å². The van der Waals surface area contributed by atoms with Crippen LogP contribution in [0, 0.1) is 27.7 Å². The maximum atomic E-state index is 12.6. The first-order chi connectivity index (χ1) is 12.3. The number of hydrogen-bond acceptors (Lipinski definition) is 3. The number of nitrogens with zero attached hydrogens (tertiary/aromatic N) is 2. The Morgan fingerprint density at radius 1 is 1.04 bits per heavy atom. The van der Waals surface area contributed by atoms with Crippen molar-refractivity contribution in [1.82, 2.24) is 4.90 Å². The molecule has 0 radical (unpaired) electrons. The van der Waals surface area contributed by atoms with E-state index >= 15 is 0 Å². The fraction of sp³-hybridized carbons (Fsp3) is 0.364. The normalized spacial score (nSPS) is 11.0. The first-order valence-electron chi connectivity index (χ1n) is 8.90. The van der Waals surface area contributed by atoms with Crippen molar-refractivity contribution in [2.45, 2.75) is 34.6 Å². The first kappa shape index (κ1) is 19.7. The minimum absolute atomic E-state index is 0.0231. The van der Waals surface area contributed by atoms with Crippen LogP contribution in [0.5, 0.6) is 5.75 Å². The molecule has 2 aromatic rings. The standard InChI is InChI=1S/C22H28N2O2/c1-7-24(6)14-23-21-12-17(4)20(11-18(21)5)22(25)13-26-19-9-8-15(2)16(3)10-19/h8-12,14H,7,13H2,1-6H3/b23-14-. The Balaban J connectivity index is 2.12. The summed E-state index contributed by atoms with van der Waals surface area (Å²) in [5, 5.41) is 0. The molecule has 138 valence electrons. The van der Waals surface area contributed by atoms with Crippen molar-refractivity contribution in [2.24, 2.45) is 4.99 Å². The Kier molecular flexibility index (Phi) is 6.56. The molecule has 26 heavy (non-hydrogen) atoms. The lowest BCUT2D eigenvalue weighted by Crippen LogP contribution is -2.14. The van der Waals surface area contributed by atoms with Gasteiger partial charge in [0.15, 0.2) is 12.4 Å². The van der Waals surface area contributed by atoms with E-state index < -0.39 is 0 Å². The molecule has 0 saturated carbocycles. The molecule has 0 fully saturated rings. The number of aliphatic imine (C=N–C) groups is 1. The van der Waals surface area contributed by atoms with Gasteiger partial charge in [-0.15, -0.1) is 0 Å². The maximum absolute atomic E-state index is 12.6. The third kappa shape index (κ3) is 4.94. The number of ketones is 1. The molecule has 0 aliphatic carbocycles. The van der Waals surface area contributed by atoms with Gasteiger partial charge in [-0.2, -0.15) is 0 Å². The van der Waals surface area contributed by atoms with Gasteiger partial charge in [-0.1, -0.05) is 6.07 Å². The highest BCUT2D eigenvalue weighted by Gasteiger charge is 2.13. The lowest BCUT2D eigenvalue weighted by molar-refractivity contribution is 0.0921. The van der Waals surface area contributed by atoms with Gasteiger partial charge < -0.3 is 9.64 Å². The molecule has 0 heterocycles. The van der Waals surface area contributed by atoms with Crippen molar-refractivity contribution in [1.29, 1.82) is 0 Å². The predicted molar refractivity (Wildman–Crippen MR) is 108 cm³/mol. The van der Waals surface area contributed by atoms with Crippen molar-refractivity contribution < 1.29 is 9.53 Å². The molecule has 4 nitrogen and oxygen atoms in total. The topological polar surface area (TPSA) is 41.9 Å². The molecule has 0 aliphatic rings. The molecular formula is C22H28N2O2. The third-order valence-corrected chi connectivity index (χ3v) is 4.58. The Hall–Kier alpha value is -2.62. The van der Waals surface area contributed by atoms with E-state index in [2.05, 4.69) is 18.8 Å². The van der Waals surface area contributed by atoms with Crippen LogP contribution >= 0.6 is 0 Å². The van der Waals surface area contributed by atoms with Crippen molar-refractivity contribution in [3.8, 4) is 5.75 Å². The molecule has 0 bridgehead atoms. The lowest BCUT2D eigenvalue weighted by Gasteiger charge is -2.12. The third-order valence-electron chi connectivity index (χ3n) is 4.58. The van der Waals surface area contributed by atoms with E-state index in [0.717, 1.165) is 34.7 Å². The van der Waals surface area contributed by atoms with E-state index in [4.69, 9.17) is 4.74 Å². The van der Waals surface area contributed by atoms with Gasteiger partial charge in [-0.25, -0.2) is 4.99 Å². The summed E-state index contributed by atoms with van der Waals surface area (Å²) in [6.45, 7) is 11.0. The zero-order valence-corrected chi connectivity index (χ0v) is 16.6. The van der Waals surface area contributed by atoms with E-state index in [9.17, 15) is 4.79 Å². The van der Waals surface area contributed by atoms with Gasteiger partial charge in [-0.05, 0) is 81.1 Å². The number of aryl methyl sites for hydroxylation is 4. The average molecular weight is 352 g/mol. The lowest BCUT2D eigenvalue weighted by atomic mass is 10.0. The Morgan fingerprint density at radius 2 is 1.77 bits per heavy atom. The second-order valence-electron chi connectivity index (χ2n) is 6.73. The molecule has 0 aliphatic heterocycles. The first-order valence-corrected chi connectivity index (χ1v) is 8.90. The summed E-state index contributed by atoms with van der Waals surface area (Å²) in [4.78, 5) is 19.1. The number of benzene rings is 2. The van der Waals surface area contributed by atoms with Crippen molar-refractivity contribution in [3.05, 3.63) is 58.1 Å². The second-order valence-corrected chi connectivity index (χ2v) is 6.73. The average Bonchev–Trinajstić information content (AvgIpc) is 2.62. The largest absolute Gasteiger partial charge is 0.485 e. The van der Waals surface area contributed by atoms with Crippen LogP contribution in [0.4, 0.5) is 5.69 Å². The molecule has 4 heteroatoms. The van der Waals surface area contributed by atoms with Gasteiger partial charge in [0, 0.05) is 19.2 Å². The van der Waals surface area contributed by atoms with E-state index in [1.807, 2.05) is 69.4 Å². The maximum Gasteiger partial charge on any atom is 0.200 e. The summed E-state index contributed by atoms with van der Waals surface area (Å²) in [6, 6.07) is 9.72. The highest BCUT2D eigenvalue weighted by atomic mass is 16.5. The molecule has 0 atom stereocenters. The molecule has 0 saturated heterocycles. The summed E-state index contributed by atoms with van der Waals surface area (Å²) in [5.74, 6) is 0.699. The minimum Gasteiger partial charge on any atom is -0.485 e. The fourth-order valence-corrected chi connectivity index (χ4v) is 2.51. The number of carbonyl (C=O) groups is 1. The fourth-order valence-electron chi connectivity index (χ4n) is 2.51. The van der Waals surface area contributed by atoms with Gasteiger partial charge in [0.05, 0.1) is 12.0 Å². The van der Waals surface area contributed by atoms with Gasteiger partial charge >= 0.3 is 0 Å². The van der Waals surface area contributed by atoms with Crippen LogP contribution in [0.2, 0.25) is 0 Å². The summed E-state index contributed by atoms with van der Waals surface area (Å²) in [7, 11) is 1.98. The molecular weight excluding hydrogens is 324 g/mol. The number of hydrogen-bond donors (Lipinski definition) is 0.